The monoisotopic (exact) mass is 829 g/mol. The number of hydrogen-bond acceptors (Lipinski definition) is 4. The molecule has 1 rings (SSSR count). The van der Waals surface area contributed by atoms with E-state index in [1.807, 2.05) is 6.08 Å². The van der Waals surface area contributed by atoms with E-state index in [1.165, 1.54) is 86.3 Å². The molecule has 0 amide bonds. The maximum absolute atomic E-state index is 10.8. The van der Waals surface area contributed by atoms with Crippen LogP contribution in [0.5, 0.6) is 0 Å². The topological polar surface area (TPSA) is 46.6 Å². The Kier molecular flexibility index (Phi) is 38.6. The minimum absolute atomic E-state index is 0. The molecule has 0 aliphatic carbocycles. The normalized spacial score (nSPS) is 16.9. The van der Waals surface area contributed by atoms with Crippen LogP contribution in [0.4, 0.5) is 0 Å². The minimum atomic E-state index is -3.30. The number of piperidine rings is 1. The van der Waals surface area contributed by atoms with Crippen LogP contribution in [0.1, 0.15) is 100 Å². The molecule has 4 atom stereocenters. The number of nitrogens with zero attached hydrogens (tertiary/aromatic N) is 1. The first-order valence-electron chi connectivity index (χ1n) is 14.4. The maximum atomic E-state index is 10.8. The average molecular weight is 827 g/mol. The van der Waals surface area contributed by atoms with Gasteiger partial charge in [-0.2, -0.15) is 19.8 Å². The van der Waals surface area contributed by atoms with Crippen molar-refractivity contribution in [2.75, 3.05) is 32.5 Å². The Hall–Kier alpha value is 1.81. The van der Waals surface area contributed by atoms with Gasteiger partial charge in [0.15, 0.2) is 0 Å². The molecule has 1 aliphatic heterocycles. The Morgan fingerprint density at radius 1 is 0.718 bits per heavy atom. The summed E-state index contributed by atoms with van der Waals surface area (Å²) in [5.74, 6) is 0. The summed E-state index contributed by atoms with van der Waals surface area (Å²) in [6, 6.07) is 0. The Morgan fingerprint density at radius 2 is 1.15 bits per heavy atom. The van der Waals surface area contributed by atoms with Crippen molar-refractivity contribution < 1.29 is 12.6 Å². The van der Waals surface area contributed by atoms with Crippen molar-refractivity contribution in [1.29, 1.82) is 0 Å². The molecule has 0 radical (unpaired) electrons. The molecular formula is C30H73NO3P2SSn2. The summed E-state index contributed by atoms with van der Waals surface area (Å²) in [5, 5.41) is 0. The molecule has 4 unspecified atom stereocenters. The van der Waals surface area contributed by atoms with Crippen LogP contribution >= 0.6 is 19.8 Å². The van der Waals surface area contributed by atoms with Gasteiger partial charge in [0.1, 0.15) is 0 Å². The maximum Gasteiger partial charge on any atom is -0.153 e. The average Bonchev–Trinajstić information content (AvgIpc) is 2.80. The third kappa shape index (κ3) is 29.6. The predicted molar refractivity (Wildman–Crippen MR) is 198 cm³/mol. The second kappa shape index (κ2) is 29.9. The molecule has 0 saturated carbocycles. The molecule has 0 aromatic heterocycles. The van der Waals surface area contributed by atoms with Crippen LogP contribution in [0.3, 0.4) is 0 Å². The number of hydrogen-bond donors (Lipinski definition) is 0. The summed E-state index contributed by atoms with van der Waals surface area (Å²) < 4.78 is 37.2. The van der Waals surface area contributed by atoms with E-state index < -0.39 is 46.9 Å². The first-order chi connectivity index (χ1) is 16.5. The molecule has 0 N–H and O–H groups in total. The second-order valence-electron chi connectivity index (χ2n) is 11.2. The number of unbranched alkanes of at least 4 members (excludes halogenated alkanes) is 2. The fraction of sp³-hybridized carbons (Fsp3) is 0.867. The van der Waals surface area contributed by atoms with Gasteiger partial charge in [-0.1, -0.05) is 14.9 Å². The molecule has 0 bridgehead atoms. The summed E-state index contributed by atoms with van der Waals surface area (Å²) in [6.07, 6.45) is 17.8. The van der Waals surface area contributed by atoms with Crippen LogP contribution < -0.4 is 0 Å². The Morgan fingerprint density at radius 3 is 1.54 bits per heavy atom. The second-order valence-corrected chi connectivity index (χ2v) is 39.3. The fourth-order valence-corrected chi connectivity index (χ4v) is 25.6. The molecule has 0 aromatic rings. The third-order valence-corrected chi connectivity index (χ3v) is 31.5. The smallest absolute Gasteiger partial charge is 0.153 e. The summed E-state index contributed by atoms with van der Waals surface area (Å²) in [6.45, 7) is 13.2. The Bertz CT molecular complexity index is 690. The minimum Gasteiger partial charge on any atom is -0.153 e. The van der Waals surface area contributed by atoms with Gasteiger partial charge < -0.3 is 0 Å². The molecule has 4 nitrogen and oxygen atoms in total. The molecule has 0 spiro atoms. The quantitative estimate of drug-likeness (QED) is 0.0834. The van der Waals surface area contributed by atoms with Crippen LogP contribution in [0, 0.1) is 0 Å². The molecule has 240 valence electrons. The van der Waals surface area contributed by atoms with E-state index in [0.717, 1.165) is 6.26 Å². The molecule has 1 aliphatic rings. The van der Waals surface area contributed by atoms with Gasteiger partial charge >= 0.3 is 230 Å². The van der Waals surface area contributed by atoms with Crippen molar-refractivity contribution in [3.8, 4) is 0 Å². The van der Waals surface area contributed by atoms with Crippen LogP contribution in [0.25, 0.3) is 0 Å². The standard InChI is InChI=1S/C8H14N.C4H7O3S.2C4H9.2C3H7.2CH4.2CH3.2H3P.2Sn/c1-2-6-9-7-4-3-5-8-9;1-3-4-7-8(2,5)6;2*1-3-4-2;2*1-3-2;;;;;;;;/h1-2H,3-8H2;1,3H,4H2,2H3;2*1,3-4H2,2H3;2*1,3H2,2H3;2*1H4;4*1H3;;. The van der Waals surface area contributed by atoms with Gasteiger partial charge in [-0.3, -0.25) is 0 Å². The molecule has 1 heterocycles. The van der Waals surface area contributed by atoms with E-state index in [-0.39, 0.29) is 41.3 Å². The molecular weight excluding hydrogens is 754 g/mol. The van der Waals surface area contributed by atoms with Gasteiger partial charge in [0.2, 0.25) is 0 Å². The summed E-state index contributed by atoms with van der Waals surface area (Å²) in [5.41, 5.74) is 0. The van der Waals surface area contributed by atoms with Crippen molar-refractivity contribution in [1.82, 2.24) is 4.90 Å². The van der Waals surface area contributed by atoms with Crippen LogP contribution in [-0.2, 0) is 14.3 Å². The summed E-state index contributed by atoms with van der Waals surface area (Å²) >= 11 is -3.92. The van der Waals surface area contributed by atoms with Crippen LogP contribution in [-0.4, -0.2) is 82.6 Å². The van der Waals surface area contributed by atoms with Gasteiger partial charge in [-0.15, -0.1) is 0 Å². The third-order valence-electron chi connectivity index (χ3n) is 7.08. The first kappa shape index (κ1) is 50.4. The predicted octanol–water partition coefficient (Wildman–Crippen LogP) is 9.59. The van der Waals surface area contributed by atoms with Crippen molar-refractivity contribution in [3.05, 3.63) is 20.3 Å². The van der Waals surface area contributed by atoms with E-state index >= 15 is 0 Å². The van der Waals surface area contributed by atoms with E-state index in [9.17, 15) is 8.42 Å². The van der Waals surface area contributed by atoms with E-state index in [0.29, 0.717) is 0 Å². The van der Waals surface area contributed by atoms with E-state index in [2.05, 4.69) is 56.7 Å². The van der Waals surface area contributed by atoms with Crippen LogP contribution in [0.2, 0.25) is 27.6 Å². The summed E-state index contributed by atoms with van der Waals surface area (Å²) in [4.78, 5) is 7.73. The molecule has 9 heteroatoms. The SMILES string of the molecule is C.C.CCC[CH2][Sn]([CH3])(/[CH]=C/CN1CCCCC1)[CH2]CC.CCC[CH2][Sn]([CH3])(/[CH]=C/COS(C)(=O)=O)[CH2]CC.P.P. The van der Waals surface area contributed by atoms with Gasteiger partial charge in [0.25, 0.3) is 0 Å². The Balaban J connectivity index is -0.000000180. The fourth-order valence-electron chi connectivity index (χ4n) is 5.01. The molecule has 39 heavy (non-hydrogen) atoms. The van der Waals surface area contributed by atoms with Crippen molar-refractivity contribution in [2.24, 2.45) is 0 Å². The zero-order valence-electron chi connectivity index (χ0n) is 25.8. The van der Waals surface area contributed by atoms with Crippen molar-refractivity contribution in [2.45, 2.75) is 128 Å². The van der Waals surface area contributed by atoms with Crippen molar-refractivity contribution >= 4 is 66.7 Å². The van der Waals surface area contributed by atoms with Gasteiger partial charge in [-0.05, 0) is 0 Å². The number of rotatable bonds is 17. The van der Waals surface area contributed by atoms with E-state index in [1.54, 1.807) is 8.87 Å². The van der Waals surface area contributed by atoms with Gasteiger partial charge in [0.05, 0.1) is 0 Å². The first-order valence-corrected chi connectivity index (χ1v) is 33.3. The number of likely N-dealkylation sites (tertiary alicyclic amines) is 1. The zero-order chi connectivity index (χ0) is 26.6. The molecule has 1 saturated heterocycles. The zero-order valence-corrected chi connectivity index (χ0v) is 35.2. The van der Waals surface area contributed by atoms with Crippen molar-refractivity contribution in [3.63, 3.8) is 0 Å². The molecule has 0 aromatic carbocycles. The Labute approximate surface area is 262 Å². The van der Waals surface area contributed by atoms with E-state index in [4.69, 9.17) is 4.18 Å². The van der Waals surface area contributed by atoms with Gasteiger partial charge in [-0.25, -0.2) is 0 Å². The largest absolute Gasteiger partial charge is 0.153 e. The van der Waals surface area contributed by atoms with Crippen LogP contribution in [0.15, 0.2) is 20.3 Å². The van der Waals surface area contributed by atoms with Gasteiger partial charge in [0, 0.05) is 0 Å². The summed E-state index contributed by atoms with van der Waals surface area (Å²) in [7, 11) is -3.30. The molecule has 1 fully saturated rings.